The van der Waals surface area contributed by atoms with Crippen molar-refractivity contribution in [2.45, 2.75) is 19.9 Å². The number of nitrogens with one attached hydrogen (secondary N) is 1. The van der Waals surface area contributed by atoms with E-state index in [0.717, 1.165) is 11.1 Å². The highest BCUT2D eigenvalue weighted by atomic mass is 16.5. The molecule has 0 heterocycles. The Morgan fingerprint density at radius 2 is 2.00 bits per heavy atom. The third-order valence-corrected chi connectivity index (χ3v) is 2.66. The predicted octanol–water partition coefficient (Wildman–Crippen LogP) is 0.244. The number of hydrogen-bond acceptors (Lipinski definition) is 4. The first-order valence-corrected chi connectivity index (χ1v) is 5.77. The van der Waals surface area contributed by atoms with Gasteiger partial charge >= 0.3 is 5.97 Å². The molecule has 1 aromatic carbocycles. The summed E-state index contributed by atoms with van der Waals surface area (Å²) >= 11 is 0. The average Bonchev–Trinajstić information content (AvgIpc) is 2.37. The number of carboxylic acid groups (broad SMARTS) is 1. The number of amides is 1. The Hall–Kier alpha value is -2.08. The number of aliphatic hydroxyl groups is 1. The quantitative estimate of drug-likeness (QED) is 0.686. The second kappa shape index (κ2) is 6.75. The molecule has 0 spiro atoms. The fourth-order valence-electron chi connectivity index (χ4n) is 1.37. The molecule has 6 heteroatoms. The van der Waals surface area contributed by atoms with Gasteiger partial charge in [-0.25, -0.2) is 4.79 Å². The molecule has 19 heavy (non-hydrogen) atoms. The van der Waals surface area contributed by atoms with Gasteiger partial charge < -0.3 is 20.3 Å². The molecular formula is C13H17NO5. The van der Waals surface area contributed by atoms with E-state index in [-0.39, 0.29) is 6.61 Å². The highest BCUT2D eigenvalue weighted by molar-refractivity contribution is 5.84. The minimum atomic E-state index is -1.31. The molecule has 0 saturated carbocycles. The number of hydrogen-bond donors (Lipinski definition) is 3. The van der Waals surface area contributed by atoms with Crippen molar-refractivity contribution in [1.29, 1.82) is 0 Å². The van der Waals surface area contributed by atoms with Crippen molar-refractivity contribution in [3.8, 4) is 5.75 Å². The fraction of sp³-hybridized carbons (Fsp3) is 0.385. The van der Waals surface area contributed by atoms with Gasteiger partial charge in [0.25, 0.3) is 5.91 Å². The number of benzene rings is 1. The van der Waals surface area contributed by atoms with Gasteiger partial charge in [0, 0.05) is 0 Å². The largest absolute Gasteiger partial charge is 0.484 e. The monoisotopic (exact) mass is 267 g/mol. The Kier molecular flexibility index (Phi) is 5.32. The maximum Gasteiger partial charge on any atom is 0.328 e. The number of aliphatic hydroxyl groups excluding tert-OH is 1. The van der Waals surface area contributed by atoms with E-state index in [1.54, 1.807) is 12.1 Å². The lowest BCUT2D eigenvalue weighted by Crippen LogP contribution is -2.45. The number of aliphatic carboxylic acids is 1. The van der Waals surface area contributed by atoms with Crippen LogP contribution in [0.4, 0.5) is 0 Å². The molecule has 1 rings (SSSR count). The summed E-state index contributed by atoms with van der Waals surface area (Å²) < 4.78 is 5.24. The van der Waals surface area contributed by atoms with Crippen LogP contribution < -0.4 is 10.1 Å². The first-order valence-electron chi connectivity index (χ1n) is 5.77. The highest BCUT2D eigenvalue weighted by Gasteiger charge is 2.18. The standard InChI is InChI=1S/C13H17NO5/c1-8-3-4-10(5-9(8)2)19-7-12(16)14-11(6-15)13(17)18/h3-5,11,15H,6-7H2,1-2H3,(H,14,16)(H,17,18). The summed E-state index contributed by atoms with van der Waals surface area (Å²) in [6.07, 6.45) is 0. The van der Waals surface area contributed by atoms with Gasteiger partial charge in [0.2, 0.25) is 0 Å². The minimum absolute atomic E-state index is 0.299. The van der Waals surface area contributed by atoms with Crippen LogP contribution >= 0.6 is 0 Å². The van der Waals surface area contributed by atoms with E-state index in [2.05, 4.69) is 5.32 Å². The number of ether oxygens (including phenoxy) is 1. The molecule has 0 radical (unpaired) electrons. The molecule has 0 aliphatic heterocycles. The zero-order valence-corrected chi connectivity index (χ0v) is 10.8. The van der Waals surface area contributed by atoms with Gasteiger partial charge in [-0.1, -0.05) is 6.07 Å². The van der Waals surface area contributed by atoms with Crippen LogP contribution in [0.3, 0.4) is 0 Å². The zero-order valence-electron chi connectivity index (χ0n) is 10.8. The summed E-state index contributed by atoms with van der Waals surface area (Å²) in [4.78, 5) is 22.0. The van der Waals surface area contributed by atoms with Crippen LogP contribution in [-0.4, -0.2) is 41.3 Å². The number of rotatable bonds is 6. The molecule has 0 aromatic heterocycles. The van der Waals surface area contributed by atoms with Gasteiger partial charge in [-0.05, 0) is 37.1 Å². The number of carbonyl (C=O) groups excluding carboxylic acids is 1. The molecule has 0 aliphatic carbocycles. The lowest BCUT2D eigenvalue weighted by molar-refractivity contribution is -0.143. The number of aryl methyl sites for hydroxylation is 2. The van der Waals surface area contributed by atoms with Crippen LogP contribution in [0.1, 0.15) is 11.1 Å². The number of carbonyl (C=O) groups is 2. The normalized spacial score (nSPS) is 11.7. The summed E-state index contributed by atoms with van der Waals surface area (Å²) in [7, 11) is 0. The lowest BCUT2D eigenvalue weighted by atomic mass is 10.1. The van der Waals surface area contributed by atoms with Crippen LogP contribution in [0.15, 0.2) is 18.2 Å². The molecule has 1 atom stereocenters. The van der Waals surface area contributed by atoms with Gasteiger partial charge in [-0.15, -0.1) is 0 Å². The molecule has 3 N–H and O–H groups in total. The molecular weight excluding hydrogens is 250 g/mol. The van der Waals surface area contributed by atoms with E-state index in [1.807, 2.05) is 19.9 Å². The van der Waals surface area contributed by atoms with E-state index in [0.29, 0.717) is 5.75 Å². The van der Waals surface area contributed by atoms with Crippen LogP contribution in [0.2, 0.25) is 0 Å². The van der Waals surface area contributed by atoms with Gasteiger partial charge in [-0.3, -0.25) is 4.79 Å². The van der Waals surface area contributed by atoms with E-state index in [1.165, 1.54) is 0 Å². The lowest BCUT2D eigenvalue weighted by Gasteiger charge is -2.12. The van der Waals surface area contributed by atoms with Crippen LogP contribution in [0.25, 0.3) is 0 Å². The Morgan fingerprint density at radius 1 is 1.32 bits per heavy atom. The maximum absolute atomic E-state index is 11.4. The van der Waals surface area contributed by atoms with Crippen molar-refractivity contribution in [3.63, 3.8) is 0 Å². The summed E-state index contributed by atoms with van der Waals surface area (Å²) in [5.74, 6) is -1.35. The Labute approximate surface area is 111 Å². The molecule has 6 nitrogen and oxygen atoms in total. The third-order valence-electron chi connectivity index (χ3n) is 2.66. The van der Waals surface area contributed by atoms with E-state index in [4.69, 9.17) is 14.9 Å². The Bertz CT molecular complexity index is 472. The van der Waals surface area contributed by atoms with E-state index >= 15 is 0 Å². The average molecular weight is 267 g/mol. The second-order valence-corrected chi connectivity index (χ2v) is 4.18. The van der Waals surface area contributed by atoms with Crippen molar-refractivity contribution < 1.29 is 24.5 Å². The minimum Gasteiger partial charge on any atom is -0.484 e. The van der Waals surface area contributed by atoms with Crippen molar-refractivity contribution in [2.75, 3.05) is 13.2 Å². The first kappa shape index (κ1) is 15.0. The molecule has 104 valence electrons. The Morgan fingerprint density at radius 3 is 2.53 bits per heavy atom. The summed E-state index contributed by atoms with van der Waals surface area (Å²) in [6, 6.07) is 4.09. The van der Waals surface area contributed by atoms with Crippen molar-refractivity contribution in [2.24, 2.45) is 0 Å². The molecule has 0 fully saturated rings. The third kappa shape index (κ3) is 4.59. The SMILES string of the molecule is Cc1ccc(OCC(=O)NC(CO)C(=O)O)cc1C. The van der Waals surface area contributed by atoms with Gasteiger partial charge in [-0.2, -0.15) is 0 Å². The molecule has 1 unspecified atom stereocenters. The van der Waals surface area contributed by atoms with E-state index < -0.39 is 24.5 Å². The molecule has 1 aromatic rings. The van der Waals surface area contributed by atoms with Crippen LogP contribution in [-0.2, 0) is 9.59 Å². The van der Waals surface area contributed by atoms with Crippen LogP contribution in [0, 0.1) is 13.8 Å². The zero-order chi connectivity index (χ0) is 14.4. The van der Waals surface area contributed by atoms with Crippen molar-refractivity contribution >= 4 is 11.9 Å². The van der Waals surface area contributed by atoms with Gasteiger partial charge in [0.05, 0.1) is 6.61 Å². The summed E-state index contributed by atoms with van der Waals surface area (Å²) in [5.41, 5.74) is 2.15. The second-order valence-electron chi connectivity index (χ2n) is 4.18. The van der Waals surface area contributed by atoms with Crippen molar-refractivity contribution in [1.82, 2.24) is 5.32 Å². The summed E-state index contributed by atoms with van der Waals surface area (Å²) in [6.45, 7) is 2.93. The van der Waals surface area contributed by atoms with Crippen molar-refractivity contribution in [3.05, 3.63) is 29.3 Å². The molecule has 1 amide bonds. The van der Waals surface area contributed by atoms with Gasteiger partial charge in [0.1, 0.15) is 11.8 Å². The predicted molar refractivity (Wildman–Crippen MR) is 68.1 cm³/mol. The summed E-state index contributed by atoms with van der Waals surface area (Å²) in [5, 5.41) is 19.6. The van der Waals surface area contributed by atoms with Gasteiger partial charge in [0.15, 0.2) is 6.61 Å². The highest BCUT2D eigenvalue weighted by Crippen LogP contribution is 2.16. The Balaban J connectivity index is 2.49. The molecule has 0 bridgehead atoms. The maximum atomic E-state index is 11.4. The molecule has 0 saturated heterocycles. The fourth-order valence-corrected chi connectivity index (χ4v) is 1.37. The first-order chi connectivity index (χ1) is 8.93. The molecule has 0 aliphatic rings. The topological polar surface area (TPSA) is 95.9 Å². The smallest absolute Gasteiger partial charge is 0.328 e. The number of carboxylic acids is 1. The van der Waals surface area contributed by atoms with Crippen LogP contribution in [0.5, 0.6) is 5.75 Å². The van der Waals surface area contributed by atoms with E-state index in [9.17, 15) is 9.59 Å².